The molecule has 1 unspecified atom stereocenters. The van der Waals surface area contributed by atoms with Crippen molar-refractivity contribution in [3.63, 3.8) is 0 Å². The number of hydrogen-bond donors (Lipinski definition) is 3. The Bertz CT molecular complexity index is 1680. The van der Waals surface area contributed by atoms with Crippen LogP contribution < -0.4 is 15.7 Å². The molecule has 2 fully saturated rings. The maximum atomic E-state index is 14.4. The topological polar surface area (TPSA) is 182 Å². The number of fused-ring (bicyclic) bond motifs is 1. The van der Waals surface area contributed by atoms with Gasteiger partial charge in [0.25, 0.3) is 5.91 Å². The lowest BCUT2D eigenvalue weighted by atomic mass is 9.85. The van der Waals surface area contributed by atoms with E-state index in [2.05, 4.69) is 22.3 Å². The molecule has 54 heavy (non-hydrogen) atoms. The van der Waals surface area contributed by atoms with E-state index in [1.165, 1.54) is 21.9 Å². The van der Waals surface area contributed by atoms with Crippen molar-refractivity contribution in [3.05, 3.63) is 47.8 Å². The van der Waals surface area contributed by atoms with E-state index in [4.69, 9.17) is 18.5 Å². The number of carbonyl (C=O) groups is 5. The fraction of sp³-hybridized carbons (Fsp3) is 0.649. The second-order valence-corrected chi connectivity index (χ2v) is 18.3. The molecule has 1 saturated carbocycles. The number of hydrogen-bond acceptors (Lipinski definition) is 10. The molecule has 2 heterocycles. The number of benzene rings is 1. The van der Waals surface area contributed by atoms with E-state index in [-0.39, 0.29) is 32.5 Å². The third-order valence-electron chi connectivity index (χ3n) is 9.06. The number of carbonyl (C=O) groups excluding carboxylic acids is 5. The van der Waals surface area contributed by atoms with Crippen molar-refractivity contribution in [2.45, 2.75) is 137 Å². The van der Waals surface area contributed by atoms with Gasteiger partial charge in [-0.3, -0.25) is 33.4 Å². The number of alkyl carbamates (subject to hydrolysis) is 1. The summed E-state index contributed by atoms with van der Waals surface area (Å²) in [4.78, 5) is 71.4. The molecule has 0 bridgehead atoms. The highest BCUT2D eigenvalue weighted by Crippen LogP contribution is 2.51. The third kappa shape index (κ3) is 10.2. The molecule has 1 aromatic rings. The van der Waals surface area contributed by atoms with E-state index < -0.39 is 96.3 Å². The van der Waals surface area contributed by atoms with Gasteiger partial charge in [-0.05, 0) is 71.9 Å². The number of amides is 5. The van der Waals surface area contributed by atoms with Crippen molar-refractivity contribution in [2.75, 3.05) is 6.54 Å². The van der Waals surface area contributed by atoms with Crippen LogP contribution >= 0.6 is 7.75 Å². The molecule has 15 nitrogen and oxygen atoms in total. The Morgan fingerprint density at radius 3 is 2.17 bits per heavy atom. The molecule has 0 radical (unpaired) electrons. The Labute approximate surface area is 316 Å². The molecule has 4 rings (SSSR count). The first-order valence-corrected chi connectivity index (χ1v) is 19.7. The molecule has 300 valence electrons. The van der Waals surface area contributed by atoms with Crippen LogP contribution in [0.4, 0.5) is 14.0 Å². The summed E-state index contributed by atoms with van der Waals surface area (Å²) in [6, 6.07) is 2.11. The number of nitrogens with zero attached hydrogens (tertiary/aromatic N) is 2. The lowest BCUT2D eigenvalue weighted by molar-refractivity contribution is -0.143. The van der Waals surface area contributed by atoms with Gasteiger partial charge >= 0.3 is 19.9 Å². The van der Waals surface area contributed by atoms with Crippen molar-refractivity contribution in [2.24, 2.45) is 11.3 Å². The first-order chi connectivity index (χ1) is 24.9. The van der Waals surface area contributed by atoms with Gasteiger partial charge in [-0.1, -0.05) is 39.0 Å². The molecule has 5 amide bonds. The van der Waals surface area contributed by atoms with Gasteiger partial charge in [0.2, 0.25) is 11.8 Å². The Morgan fingerprint density at radius 2 is 1.65 bits per heavy atom. The first kappa shape index (κ1) is 42.7. The second-order valence-electron chi connectivity index (χ2n) is 16.7. The molecule has 2 aliphatic heterocycles. The highest BCUT2D eigenvalue weighted by Gasteiger charge is 2.62. The van der Waals surface area contributed by atoms with Gasteiger partial charge in [-0.15, -0.1) is 6.58 Å². The standard InChI is InChI=1S/C37H55FN5O10P/c1-12-24-17-37(24,32(46)41-54(49,52-21(2)3)53-22(4)5)40-30(44)28-16-25(50-34(48)42-18-23-14-13-15-27(38)26(23)20-42)19-43(28)31(45)29(35(6,7)8)39-33(47)51-36(9,10)11/h12-15,21-22,24-25,28-29H,1,16-20H2,2-11H3,(H,39,47)(H,40,44)(H,41,46,49)/t24?,25-,28+,29-,37-/m1/s1. The molecule has 0 spiro atoms. The summed E-state index contributed by atoms with van der Waals surface area (Å²) < 4.78 is 50.3. The molecule has 1 aliphatic carbocycles. The second kappa shape index (κ2) is 16.0. The molecule has 1 saturated heterocycles. The number of likely N-dealkylation sites (tertiary alicyclic amines) is 1. The van der Waals surface area contributed by atoms with Crippen molar-refractivity contribution in [3.8, 4) is 0 Å². The quantitative estimate of drug-likeness (QED) is 0.186. The molecule has 1 aromatic carbocycles. The molecule has 0 aromatic heterocycles. The molecule has 17 heteroatoms. The predicted octanol–water partition coefficient (Wildman–Crippen LogP) is 5.32. The van der Waals surface area contributed by atoms with Gasteiger partial charge in [-0.2, -0.15) is 0 Å². The summed E-state index contributed by atoms with van der Waals surface area (Å²) in [5, 5.41) is 7.79. The summed E-state index contributed by atoms with van der Waals surface area (Å²) in [5.74, 6) is -3.25. The maximum absolute atomic E-state index is 14.4. The van der Waals surface area contributed by atoms with Crippen LogP contribution in [0.2, 0.25) is 0 Å². The van der Waals surface area contributed by atoms with Crippen LogP contribution in [0, 0.1) is 17.2 Å². The van der Waals surface area contributed by atoms with Crippen LogP contribution in [-0.2, 0) is 50.6 Å². The molecule has 5 atom stereocenters. The van der Waals surface area contributed by atoms with Crippen LogP contribution in [0.1, 0.15) is 93.2 Å². The van der Waals surface area contributed by atoms with E-state index in [1.54, 1.807) is 81.4 Å². The van der Waals surface area contributed by atoms with E-state index in [9.17, 15) is 32.9 Å². The van der Waals surface area contributed by atoms with Crippen LogP contribution in [0.15, 0.2) is 30.9 Å². The SMILES string of the molecule is C=CC1C[C@]1(NC(=O)[C@@H]1C[C@@H](OC(=O)N2Cc3cccc(F)c3C2)CN1C(=O)[C@@H](NC(=O)OC(C)(C)C)C(C)(C)C)C(=O)NP(=O)(OC(C)C)OC(C)C. The van der Waals surface area contributed by atoms with Crippen LogP contribution in [0.25, 0.3) is 0 Å². The first-order valence-electron chi connectivity index (χ1n) is 18.1. The zero-order valence-corrected chi connectivity index (χ0v) is 33.7. The summed E-state index contributed by atoms with van der Waals surface area (Å²) >= 11 is 0. The normalized spacial score (nSPS) is 23.1. The Balaban J connectivity index is 1.61. The largest absolute Gasteiger partial charge is 0.444 e. The predicted molar refractivity (Wildman–Crippen MR) is 196 cm³/mol. The monoisotopic (exact) mass is 779 g/mol. The summed E-state index contributed by atoms with van der Waals surface area (Å²) in [6.45, 7) is 20.4. The fourth-order valence-corrected chi connectivity index (χ4v) is 8.25. The van der Waals surface area contributed by atoms with Crippen LogP contribution in [-0.4, -0.2) is 87.8 Å². The van der Waals surface area contributed by atoms with Gasteiger partial charge < -0.3 is 25.0 Å². The Kier molecular flexibility index (Phi) is 12.7. The van der Waals surface area contributed by atoms with Crippen molar-refractivity contribution < 1.29 is 51.4 Å². The van der Waals surface area contributed by atoms with E-state index >= 15 is 0 Å². The van der Waals surface area contributed by atoms with E-state index in [0.717, 1.165) is 0 Å². The minimum atomic E-state index is -4.19. The minimum Gasteiger partial charge on any atom is -0.444 e. The van der Waals surface area contributed by atoms with E-state index in [1.807, 2.05) is 0 Å². The van der Waals surface area contributed by atoms with Gasteiger partial charge in [0.1, 0.15) is 35.1 Å². The summed E-state index contributed by atoms with van der Waals surface area (Å²) in [5.41, 5.74) is -2.34. The minimum absolute atomic E-state index is 0.0164. The molecular formula is C37H55FN5O10P. The number of nitrogens with one attached hydrogen (secondary N) is 3. The van der Waals surface area contributed by atoms with Gasteiger partial charge in [0.05, 0.1) is 25.3 Å². The molecule has 3 N–H and O–H groups in total. The number of halogens is 1. The number of rotatable bonds is 12. The lowest BCUT2D eigenvalue weighted by Gasteiger charge is -2.36. The Morgan fingerprint density at radius 1 is 1.02 bits per heavy atom. The Hall–Kier alpha value is -4.01. The van der Waals surface area contributed by atoms with Crippen molar-refractivity contribution in [1.82, 2.24) is 25.5 Å². The van der Waals surface area contributed by atoms with Gasteiger partial charge in [-0.25, -0.2) is 18.5 Å². The van der Waals surface area contributed by atoms with Crippen LogP contribution in [0.3, 0.4) is 0 Å². The maximum Gasteiger partial charge on any atom is 0.435 e. The zero-order chi connectivity index (χ0) is 40.6. The molecule has 3 aliphatic rings. The van der Waals surface area contributed by atoms with Gasteiger partial charge in [0, 0.05) is 24.4 Å². The fourth-order valence-electron chi connectivity index (χ4n) is 6.54. The average Bonchev–Trinajstić information content (AvgIpc) is 3.32. The third-order valence-corrected chi connectivity index (χ3v) is 10.9. The van der Waals surface area contributed by atoms with Gasteiger partial charge in [0.15, 0.2) is 0 Å². The lowest BCUT2D eigenvalue weighted by Crippen LogP contribution is -2.60. The smallest absolute Gasteiger partial charge is 0.435 e. The average molecular weight is 780 g/mol. The zero-order valence-electron chi connectivity index (χ0n) is 32.8. The summed E-state index contributed by atoms with van der Waals surface area (Å²) in [6.07, 6.45) is -2.34. The highest BCUT2D eigenvalue weighted by atomic mass is 31.2. The number of ether oxygens (including phenoxy) is 2. The highest BCUT2D eigenvalue weighted by molar-refractivity contribution is 7.52. The summed E-state index contributed by atoms with van der Waals surface area (Å²) in [7, 11) is -4.19. The van der Waals surface area contributed by atoms with E-state index in [0.29, 0.717) is 11.1 Å². The van der Waals surface area contributed by atoms with Crippen LogP contribution in [0.5, 0.6) is 0 Å². The van der Waals surface area contributed by atoms with Crippen molar-refractivity contribution in [1.29, 1.82) is 0 Å². The van der Waals surface area contributed by atoms with Crippen molar-refractivity contribution >= 4 is 37.7 Å². The molecular weight excluding hydrogens is 724 g/mol.